The van der Waals surface area contributed by atoms with E-state index < -0.39 is 35.3 Å². The molecule has 2 amide bonds. The lowest BCUT2D eigenvalue weighted by Gasteiger charge is -2.28. The Morgan fingerprint density at radius 1 is 1.07 bits per heavy atom. The van der Waals surface area contributed by atoms with Gasteiger partial charge in [0.05, 0.1) is 23.5 Å². The highest BCUT2D eigenvalue weighted by molar-refractivity contribution is 8.00. The van der Waals surface area contributed by atoms with E-state index >= 15 is 0 Å². The summed E-state index contributed by atoms with van der Waals surface area (Å²) in [4.78, 5) is 36.8. The summed E-state index contributed by atoms with van der Waals surface area (Å²) >= 11 is 1.50. The molecule has 4 atom stereocenters. The van der Waals surface area contributed by atoms with Crippen LogP contribution in [0.2, 0.25) is 0 Å². The van der Waals surface area contributed by atoms with E-state index in [2.05, 4.69) is 9.97 Å². The van der Waals surface area contributed by atoms with Crippen LogP contribution < -0.4 is 4.90 Å². The van der Waals surface area contributed by atoms with Crippen molar-refractivity contribution in [2.24, 2.45) is 0 Å². The topological polar surface area (TPSA) is 138 Å². The third kappa shape index (κ3) is 5.81. The van der Waals surface area contributed by atoms with Crippen LogP contribution in [0.4, 0.5) is 15.4 Å². The number of amides is 2. The second-order valence-corrected chi connectivity index (χ2v) is 13.8. The number of aromatic nitrogens is 3. The van der Waals surface area contributed by atoms with Crippen molar-refractivity contribution >= 4 is 40.8 Å². The summed E-state index contributed by atoms with van der Waals surface area (Å²) in [5.41, 5.74) is -0.844. The first-order chi connectivity index (χ1) is 19.1. The lowest BCUT2D eigenvalue weighted by molar-refractivity contribution is -0.149. The first-order valence-electron chi connectivity index (χ1n) is 13.4. The predicted molar refractivity (Wildman–Crippen MR) is 152 cm³/mol. The van der Waals surface area contributed by atoms with Crippen LogP contribution in [0.15, 0.2) is 35.3 Å². The molecule has 3 aromatic heterocycles. The Balaban J connectivity index is 1.71. The molecule has 2 fully saturated rings. The number of aliphatic hydroxyl groups excluding tert-OH is 1. The third-order valence-corrected chi connectivity index (χ3v) is 7.86. The molecule has 0 aromatic carbocycles. The van der Waals surface area contributed by atoms with Crippen LogP contribution >= 0.6 is 11.8 Å². The van der Waals surface area contributed by atoms with Crippen molar-refractivity contribution in [3.05, 3.63) is 30.9 Å². The van der Waals surface area contributed by atoms with Gasteiger partial charge in [0.2, 0.25) is 0 Å². The SMILES string of the molecule is CC(C)(C)OC(=O)N(C(=O)OC(C)(C)C)c1ncnc2c1c(-c1ccco1)cn2[C@@H]1SC(CO)[C@H]2OC(C)(C)O[C@H]21. The lowest BCUT2D eigenvalue weighted by Crippen LogP contribution is -2.44. The van der Waals surface area contributed by atoms with Crippen LogP contribution in [-0.2, 0) is 18.9 Å². The molecule has 5 heterocycles. The van der Waals surface area contributed by atoms with Crippen molar-refractivity contribution in [2.45, 2.75) is 95.2 Å². The number of rotatable bonds is 4. The molecule has 0 bridgehead atoms. The van der Waals surface area contributed by atoms with E-state index in [1.807, 2.05) is 24.6 Å². The van der Waals surface area contributed by atoms with Crippen molar-refractivity contribution in [2.75, 3.05) is 11.5 Å². The molecule has 3 aromatic rings. The molecule has 0 aliphatic carbocycles. The van der Waals surface area contributed by atoms with Gasteiger partial charge in [0, 0.05) is 11.8 Å². The Morgan fingerprint density at radius 2 is 1.71 bits per heavy atom. The number of nitrogens with zero attached hydrogens (tertiary/aromatic N) is 4. The van der Waals surface area contributed by atoms with Gasteiger partial charge in [0.1, 0.15) is 46.5 Å². The number of hydrogen-bond donors (Lipinski definition) is 1. The van der Waals surface area contributed by atoms with E-state index in [0.717, 1.165) is 4.90 Å². The number of ether oxygens (including phenoxy) is 4. The maximum absolute atomic E-state index is 13.5. The Hall–Kier alpha value is -3.13. The Bertz CT molecular complexity index is 1410. The number of carbonyl (C=O) groups is 2. The van der Waals surface area contributed by atoms with Gasteiger partial charge in [-0.2, -0.15) is 4.90 Å². The fraction of sp³-hybridized carbons (Fsp3) is 0.571. The number of fused-ring (bicyclic) bond motifs is 2. The molecule has 2 aliphatic heterocycles. The van der Waals surface area contributed by atoms with Crippen molar-refractivity contribution in [3.63, 3.8) is 0 Å². The van der Waals surface area contributed by atoms with E-state index in [0.29, 0.717) is 22.4 Å². The zero-order valence-electron chi connectivity index (χ0n) is 24.4. The summed E-state index contributed by atoms with van der Waals surface area (Å²) in [6.45, 7) is 13.8. The van der Waals surface area contributed by atoms with Crippen molar-refractivity contribution < 1.29 is 38.1 Å². The predicted octanol–water partition coefficient (Wildman–Crippen LogP) is 5.49. The molecule has 0 saturated carbocycles. The summed E-state index contributed by atoms with van der Waals surface area (Å²) in [5, 5.41) is 9.91. The van der Waals surface area contributed by atoms with Gasteiger partial charge in [0.15, 0.2) is 11.6 Å². The van der Waals surface area contributed by atoms with E-state index in [9.17, 15) is 14.7 Å². The Kier molecular flexibility index (Phi) is 7.38. The minimum absolute atomic E-state index is 0.0224. The molecule has 2 saturated heterocycles. The largest absolute Gasteiger partial charge is 0.464 e. The molecule has 1 N–H and O–H groups in total. The monoisotopic (exact) mass is 588 g/mol. The third-order valence-electron chi connectivity index (χ3n) is 6.32. The highest BCUT2D eigenvalue weighted by Gasteiger charge is 2.55. The van der Waals surface area contributed by atoms with Crippen LogP contribution in [0, 0.1) is 0 Å². The van der Waals surface area contributed by atoms with Crippen LogP contribution in [0.25, 0.3) is 22.4 Å². The summed E-state index contributed by atoms with van der Waals surface area (Å²) in [5.74, 6) is -0.384. The van der Waals surface area contributed by atoms with E-state index in [1.54, 1.807) is 53.7 Å². The molecule has 2 aliphatic rings. The van der Waals surface area contributed by atoms with Crippen LogP contribution in [-0.4, -0.2) is 72.9 Å². The fourth-order valence-electron chi connectivity index (χ4n) is 4.94. The Morgan fingerprint density at radius 3 is 2.27 bits per heavy atom. The first kappa shape index (κ1) is 29.4. The van der Waals surface area contributed by atoms with Crippen molar-refractivity contribution in [1.82, 2.24) is 14.5 Å². The molecular weight excluding hydrogens is 552 g/mol. The molecule has 13 heteroatoms. The van der Waals surface area contributed by atoms with Gasteiger partial charge in [0.25, 0.3) is 0 Å². The van der Waals surface area contributed by atoms with E-state index in [4.69, 9.17) is 23.4 Å². The van der Waals surface area contributed by atoms with Crippen molar-refractivity contribution in [1.29, 1.82) is 0 Å². The van der Waals surface area contributed by atoms with Gasteiger partial charge in [-0.3, -0.25) is 0 Å². The second kappa shape index (κ2) is 10.3. The second-order valence-electron chi connectivity index (χ2n) is 12.4. The maximum Gasteiger partial charge on any atom is 0.425 e. The van der Waals surface area contributed by atoms with Gasteiger partial charge in [-0.1, -0.05) is 0 Å². The summed E-state index contributed by atoms with van der Waals surface area (Å²) in [6, 6.07) is 3.50. The fourth-order valence-corrected chi connectivity index (χ4v) is 6.41. The van der Waals surface area contributed by atoms with Gasteiger partial charge in [-0.05, 0) is 67.5 Å². The zero-order chi connectivity index (χ0) is 29.9. The quantitative estimate of drug-likeness (QED) is 0.414. The Labute approximate surface area is 242 Å². The molecule has 1 unspecified atom stereocenters. The highest BCUT2D eigenvalue weighted by Crippen LogP contribution is 2.52. The molecular formula is C28H36N4O8S. The van der Waals surface area contributed by atoms with Gasteiger partial charge < -0.3 is 33.0 Å². The number of carbonyl (C=O) groups excluding carboxylic acids is 2. The summed E-state index contributed by atoms with van der Waals surface area (Å²) in [7, 11) is 0. The van der Waals surface area contributed by atoms with Gasteiger partial charge in [-0.15, -0.1) is 11.8 Å². The lowest BCUT2D eigenvalue weighted by atomic mass is 10.1. The van der Waals surface area contributed by atoms with Crippen molar-refractivity contribution in [3.8, 4) is 11.3 Å². The van der Waals surface area contributed by atoms with Gasteiger partial charge in [-0.25, -0.2) is 19.6 Å². The average Bonchev–Trinajstić information content (AvgIpc) is 3.59. The maximum atomic E-state index is 13.5. The smallest absolute Gasteiger partial charge is 0.425 e. The average molecular weight is 589 g/mol. The van der Waals surface area contributed by atoms with E-state index in [1.165, 1.54) is 24.4 Å². The number of imide groups is 1. The molecule has 0 radical (unpaired) electrons. The minimum Gasteiger partial charge on any atom is -0.464 e. The van der Waals surface area contributed by atoms with E-state index in [-0.39, 0.29) is 29.2 Å². The van der Waals surface area contributed by atoms with Gasteiger partial charge >= 0.3 is 12.2 Å². The highest BCUT2D eigenvalue weighted by atomic mass is 32.2. The van der Waals surface area contributed by atoms with Crippen LogP contribution in [0.3, 0.4) is 0 Å². The normalized spacial score (nSPS) is 23.9. The number of hydrogen-bond acceptors (Lipinski definition) is 11. The number of furan rings is 1. The number of thioether (sulfide) groups is 1. The van der Waals surface area contributed by atoms with Crippen LogP contribution in [0.1, 0.15) is 60.8 Å². The first-order valence-corrected chi connectivity index (χ1v) is 14.3. The molecule has 41 heavy (non-hydrogen) atoms. The van der Waals surface area contributed by atoms with Crippen LogP contribution in [0.5, 0.6) is 0 Å². The summed E-state index contributed by atoms with van der Waals surface area (Å²) < 4.78 is 31.3. The molecule has 222 valence electrons. The zero-order valence-corrected chi connectivity index (χ0v) is 25.2. The standard InChI is InChI=1S/C28H36N4O8S/c1-26(2,3)39-24(34)32(25(35)40-27(4,5)6)22-18-15(16-10-9-11-36-16)12-31(21(18)29-14-30-22)23-20-19(17(13-33)41-23)37-28(7,8)38-20/h9-12,14,17,19-20,23,33H,13H2,1-8H3/t17?,19-,20-,23-/m1/s1. The molecule has 12 nitrogen and oxygen atoms in total. The molecule has 5 rings (SSSR count). The summed E-state index contributed by atoms with van der Waals surface area (Å²) in [6.07, 6.45) is 1.98. The number of aliphatic hydroxyl groups is 1. The minimum atomic E-state index is -0.949. The molecule has 0 spiro atoms. The number of anilines is 1.